The number of hydrogen-bond acceptors (Lipinski definition) is 3. The molecule has 0 aromatic carbocycles. The zero-order valence-corrected chi connectivity index (χ0v) is 20.6. The number of nitrogens with one attached hydrogen (secondary N) is 2. The zero-order valence-electron chi connectivity index (χ0n) is 17.5. The SMILES string of the molecule is CN=C(NCC(C)(C)CCS(C)(=O)=O)NC(C)C(C)C1CCCCC1.I. The minimum Gasteiger partial charge on any atom is -0.356 e. The largest absolute Gasteiger partial charge is 0.356 e. The lowest BCUT2D eigenvalue weighted by molar-refractivity contribution is 0.229. The Balaban J connectivity index is 0.00000625. The molecule has 156 valence electrons. The van der Waals surface area contributed by atoms with Gasteiger partial charge in [-0.1, -0.05) is 52.9 Å². The molecule has 7 heteroatoms. The number of nitrogens with zero attached hydrogens (tertiary/aromatic N) is 1. The first kappa shape index (κ1) is 26.0. The van der Waals surface area contributed by atoms with Crippen LogP contribution in [0.5, 0.6) is 0 Å². The van der Waals surface area contributed by atoms with E-state index in [9.17, 15) is 8.42 Å². The summed E-state index contributed by atoms with van der Waals surface area (Å²) in [7, 11) is -1.13. The number of rotatable bonds is 8. The Morgan fingerprint density at radius 3 is 2.27 bits per heavy atom. The minimum absolute atomic E-state index is 0. The van der Waals surface area contributed by atoms with Crippen LogP contribution in [0.3, 0.4) is 0 Å². The first-order valence-corrected chi connectivity index (χ1v) is 11.7. The maximum Gasteiger partial charge on any atom is 0.191 e. The lowest BCUT2D eigenvalue weighted by Gasteiger charge is -2.33. The Labute approximate surface area is 178 Å². The summed E-state index contributed by atoms with van der Waals surface area (Å²) in [6.45, 7) is 9.46. The van der Waals surface area contributed by atoms with Gasteiger partial charge in [-0.25, -0.2) is 8.42 Å². The molecule has 26 heavy (non-hydrogen) atoms. The molecule has 5 nitrogen and oxygen atoms in total. The number of sulfone groups is 1. The van der Waals surface area contributed by atoms with Crippen molar-refractivity contribution in [2.45, 2.75) is 72.3 Å². The molecule has 2 unspecified atom stereocenters. The third-order valence-electron chi connectivity index (χ3n) is 5.65. The molecule has 0 heterocycles. The van der Waals surface area contributed by atoms with Crippen LogP contribution in [0.25, 0.3) is 0 Å². The Kier molecular flexibility index (Phi) is 11.7. The van der Waals surface area contributed by atoms with E-state index in [4.69, 9.17) is 0 Å². The maximum absolute atomic E-state index is 11.4. The molecule has 0 aliphatic heterocycles. The molecule has 0 aromatic heterocycles. The second-order valence-corrected chi connectivity index (χ2v) is 10.9. The van der Waals surface area contributed by atoms with Gasteiger partial charge < -0.3 is 10.6 Å². The topological polar surface area (TPSA) is 70.6 Å². The van der Waals surface area contributed by atoms with E-state index in [1.54, 1.807) is 7.05 Å². The second-order valence-electron chi connectivity index (χ2n) is 8.66. The van der Waals surface area contributed by atoms with Crippen molar-refractivity contribution in [2.24, 2.45) is 22.2 Å². The van der Waals surface area contributed by atoms with E-state index in [0.717, 1.165) is 11.9 Å². The van der Waals surface area contributed by atoms with Gasteiger partial charge in [0.25, 0.3) is 0 Å². The van der Waals surface area contributed by atoms with Crippen molar-refractivity contribution in [1.82, 2.24) is 10.6 Å². The summed E-state index contributed by atoms with van der Waals surface area (Å²) >= 11 is 0. The molecule has 1 aliphatic rings. The third-order valence-corrected chi connectivity index (χ3v) is 6.60. The van der Waals surface area contributed by atoms with E-state index >= 15 is 0 Å². The number of halogens is 1. The van der Waals surface area contributed by atoms with Crippen molar-refractivity contribution in [3.63, 3.8) is 0 Å². The average molecular weight is 502 g/mol. The van der Waals surface area contributed by atoms with Crippen molar-refractivity contribution in [1.29, 1.82) is 0 Å². The molecule has 0 amide bonds. The molecule has 0 saturated heterocycles. The summed E-state index contributed by atoms with van der Waals surface area (Å²) in [6.07, 6.45) is 8.74. The first-order valence-electron chi connectivity index (χ1n) is 9.69. The van der Waals surface area contributed by atoms with Gasteiger partial charge in [-0.15, -0.1) is 24.0 Å². The number of hydrogen-bond donors (Lipinski definition) is 2. The number of guanidine groups is 1. The van der Waals surface area contributed by atoms with Crippen molar-refractivity contribution >= 4 is 39.8 Å². The van der Waals surface area contributed by atoms with Gasteiger partial charge in [-0.2, -0.15) is 0 Å². The van der Waals surface area contributed by atoms with Gasteiger partial charge in [0.1, 0.15) is 9.84 Å². The molecule has 0 spiro atoms. The lowest BCUT2D eigenvalue weighted by Crippen LogP contribution is -2.48. The fraction of sp³-hybridized carbons (Fsp3) is 0.947. The lowest BCUT2D eigenvalue weighted by atomic mass is 9.78. The standard InChI is InChI=1S/C19H39N3O2S.HI/c1-15(17-10-8-7-9-11-17)16(2)22-18(20-5)21-14-19(3,4)12-13-25(6,23)24;/h15-17H,7-14H2,1-6H3,(H2,20,21,22);1H. The monoisotopic (exact) mass is 501 g/mol. The van der Waals surface area contributed by atoms with Crippen LogP contribution >= 0.6 is 24.0 Å². The molecule has 1 aliphatic carbocycles. The van der Waals surface area contributed by atoms with Crippen LogP contribution < -0.4 is 10.6 Å². The summed E-state index contributed by atoms with van der Waals surface area (Å²) in [5, 5.41) is 6.91. The Morgan fingerprint density at radius 2 is 1.77 bits per heavy atom. The molecule has 1 saturated carbocycles. The highest BCUT2D eigenvalue weighted by atomic mass is 127. The Bertz CT molecular complexity index is 529. The van der Waals surface area contributed by atoms with Crippen LogP contribution in [0, 0.1) is 17.3 Å². The van der Waals surface area contributed by atoms with Gasteiger partial charge in [0.05, 0.1) is 5.75 Å². The van der Waals surface area contributed by atoms with Gasteiger partial charge in [-0.05, 0) is 30.6 Å². The molecular formula is C19H40IN3O2S. The predicted molar refractivity (Wildman–Crippen MR) is 123 cm³/mol. The second kappa shape index (κ2) is 11.7. The molecular weight excluding hydrogens is 461 g/mol. The van der Waals surface area contributed by atoms with Crippen molar-refractivity contribution in [3.8, 4) is 0 Å². The highest BCUT2D eigenvalue weighted by Crippen LogP contribution is 2.31. The van der Waals surface area contributed by atoms with Crippen LogP contribution in [0.15, 0.2) is 4.99 Å². The molecule has 0 radical (unpaired) electrons. The summed E-state index contributed by atoms with van der Waals surface area (Å²) in [6, 6.07) is 0.369. The van der Waals surface area contributed by atoms with Crippen LogP contribution in [0.1, 0.15) is 66.2 Å². The quantitative estimate of drug-likeness (QED) is 0.301. The third kappa shape index (κ3) is 10.3. The van der Waals surface area contributed by atoms with E-state index < -0.39 is 9.84 Å². The fourth-order valence-corrected chi connectivity index (χ4v) is 4.41. The van der Waals surface area contributed by atoms with Crippen LogP contribution in [0.2, 0.25) is 0 Å². The van der Waals surface area contributed by atoms with Gasteiger partial charge in [0.2, 0.25) is 0 Å². The van der Waals surface area contributed by atoms with E-state index in [-0.39, 0.29) is 35.1 Å². The summed E-state index contributed by atoms with van der Waals surface area (Å²) < 4.78 is 22.8. The predicted octanol–water partition coefficient (Wildman–Crippen LogP) is 3.84. The van der Waals surface area contributed by atoms with E-state index in [0.29, 0.717) is 24.9 Å². The zero-order chi connectivity index (χ0) is 19.1. The maximum atomic E-state index is 11.4. The highest BCUT2D eigenvalue weighted by Gasteiger charge is 2.26. The summed E-state index contributed by atoms with van der Waals surface area (Å²) in [4.78, 5) is 4.34. The Morgan fingerprint density at radius 1 is 1.19 bits per heavy atom. The minimum atomic E-state index is -2.92. The smallest absolute Gasteiger partial charge is 0.191 e. The van der Waals surface area contributed by atoms with Crippen LogP contribution in [-0.4, -0.2) is 46.0 Å². The van der Waals surface area contributed by atoms with Crippen molar-refractivity contribution < 1.29 is 8.42 Å². The van der Waals surface area contributed by atoms with Gasteiger partial charge in [0, 0.05) is 25.9 Å². The summed E-state index contributed by atoms with van der Waals surface area (Å²) in [5.41, 5.74) is -0.0983. The summed E-state index contributed by atoms with van der Waals surface area (Å²) in [5.74, 6) is 2.46. The van der Waals surface area contributed by atoms with E-state index in [2.05, 4.69) is 43.3 Å². The normalized spacial score (nSPS) is 19.4. The first-order chi connectivity index (χ1) is 11.5. The van der Waals surface area contributed by atoms with Crippen LogP contribution in [-0.2, 0) is 9.84 Å². The molecule has 2 atom stereocenters. The molecule has 2 N–H and O–H groups in total. The Hall–Kier alpha value is -0.0500. The van der Waals surface area contributed by atoms with Crippen molar-refractivity contribution in [3.05, 3.63) is 0 Å². The van der Waals surface area contributed by atoms with Crippen LogP contribution in [0.4, 0.5) is 0 Å². The molecule has 1 fully saturated rings. The number of aliphatic imine (C=N–C) groups is 1. The van der Waals surface area contributed by atoms with E-state index in [1.807, 2.05) is 0 Å². The molecule has 0 bridgehead atoms. The fourth-order valence-electron chi connectivity index (χ4n) is 3.48. The highest BCUT2D eigenvalue weighted by molar-refractivity contribution is 14.0. The van der Waals surface area contributed by atoms with Gasteiger partial charge in [-0.3, -0.25) is 4.99 Å². The van der Waals surface area contributed by atoms with Gasteiger partial charge >= 0.3 is 0 Å². The van der Waals surface area contributed by atoms with Gasteiger partial charge in [0.15, 0.2) is 5.96 Å². The molecule has 1 rings (SSSR count). The van der Waals surface area contributed by atoms with E-state index in [1.165, 1.54) is 38.4 Å². The van der Waals surface area contributed by atoms with Crippen molar-refractivity contribution in [2.75, 3.05) is 25.6 Å². The average Bonchev–Trinajstić information content (AvgIpc) is 2.56. The molecule has 0 aromatic rings.